The van der Waals surface area contributed by atoms with Crippen LogP contribution in [0.2, 0.25) is 0 Å². The van der Waals surface area contributed by atoms with Crippen LogP contribution in [0.4, 0.5) is 0 Å². The number of hydrogen-bond acceptors (Lipinski definition) is 2. The van der Waals surface area contributed by atoms with Gasteiger partial charge in [0.2, 0.25) is 5.91 Å². The Balaban J connectivity index is 1.65. The Hall–Kier alpha value is -0.870. The molecule has 0 radical (unpaired) electrons. The molecule has 0 bridgehead atoms. The van der Waals surface area contributed by atoms with Crippen molar-refractivity contribution in [2.24, 2.45) is 5.92 Å². The highest BCUT2D eigenvalue weighted by atomic mass is 79.9. The SMILES string of the molecule is O=C(C1CCNC1)N1CCCC1Cc1ccc(Br)cc1. The van der Waals surface area contributed by atoms with Crippen LogP contribution in [-0.4, -0.2) is 36.5 Å². The van der Waals surface area contributed by atoms with Crippen molar-refractivity contribution in [3.63, 3.8) is 0 Å². The number of amides is 1. The molecule has 0 saturated carbocycles. The average Bonchev–Trinajstić information content (AvgIpc) is 3.12. The van der Waals surface area contributed by atoms with Crippen molar-refractivity contribution in [3.8, 4) is 0 Å². The van der Waals surface area contributed by atoms with Gasteiger partial charge in [0.25, 0.3) is 0 Å². The molecule has 2 saturated heterocycles. The minimum absolute atomic E-state index is 0.209. The number of carbonyl (C=O) groups is 1. The maximum Gasteiger partial charge on any atom is 0.227 e. The Kier molecular flexibility index (Phi) is 4.41. The van der Waals surface area contributed by atoms with Gasteiger partial charge in [0.15, 0.2) is 0 Å². The van der Waals surface area contributed by atoms with Gasteiger partial charge in [-0.15, -0.1) is 0 Å². The number of likely N-dealkylation sites (tertiary alicyclic amines) is 1. The lowest BCUT2D eigenvalue weighted by molar-refractivity contribution is -0.135. The van der Waals surface area contributed by atoms with E-state index in [1.54, 1.807) is 0 Å². The molecule has 2 heterocycles. The van der Waals surface area contributed by atoms with Gasteiger partial charge in [0, 0.05) is 23.6 Å². The monoisotopic (exact) mass is 336 g/mol. The van der Waals surface area contributed by atoms with Gasteiger partial charge < -0.3 is 10.2 Å². The van der Waals surface area contributed by atoms with Gasteiger partial charge in [0.05, 0.1) is 5.92 Å². The maximum absolute atomic E-state index is 12.6. The molecule has 0 aromatic heterocycles. The normalized spacial score (nSPS) is 26.1. The van der Waals surface area contributed by atoms with Crippen LogP contribution in [0.1, 0.15) is 24.8 Å². The molecule has 2 aliphatic heterocycles. The molecule has 3 nitrogen and oxygen atoms in total. The highest BCUT2D eigenvalue weighted by Crippen LogP contribution is 2.25. The first-order valence-electron chi connectivity index (χ1n) is 7.49. The quantitative estimate of drug-likeness (QED) is 0.920. The van der Waals surface area contributed by atoms with E-state index in [0.717, 1.165) is 49.8 Å². The van der Waals surface area contributed by atoms with Crippen molar-refractivity contribution in [2.45, 2.75) is 31.7 Å². The van der Waals surface area contributed by atoms with Crippen molar-refractivity contribution >= 4 is 21.8 Å². The van der Waals surface area contributed by atoms with Crippen LogP contribution in [0.3, 0.4) is 0 Å². The van der Waals surface area contributed by atoms with E-state index < -0.39 is 0 Å². The molecular weight excluding hydrogens is 316 g/mol. The number of benzene rings is 1. The second-order valence-corrected chi connectivity index (χ2v) is 6.76. The molecule has 2 atom stereocenters. The van der Waals surface area contributed by atoms with Crippen molar-refractivity contribution in [1.29, 1.82) is 0 Å². The van der Waals surface area contributed by atoms with Crippen molar-refractivity contribution < 1.29 is 4.79 Å². The molecule has 1 amide bonds. The number of hydrogen-bond donors (Lipinski definition) is 1. The molecule has 1 aromatic rings. The Morgan fingerprint density at radius 3 is 2.80 bits per heavy atom. The third kappa shape index (κ3) is 3.07. The second kappa shape index (κ2) is 6.27. The summed E-state index contributed by atoms with van der Waals surface area (Å²) in [6.07, 6.45) is 4.27. The smallest absolute Gasteiger partial charge is 0.227 e. The van der Waals surface area contributed by atoms with E-state index in [-0.39, 0.29) is 5.92 Å². The van der Waals surface area contributed by atoms with E-state index in [2.05, 4.69) is 50.4 Å². The van der Waals surface area contributed by atoms with E-state index in [9.17, 15) is 4.79 Å². The summed E-state index contributed by atoms with van der Waals surface area (Å²) < 4.78 is 1.11. The predicted octanol–water partition coefficient (Wildman–Crippen LogP) is 2.59. The first-order chi connectivity index (χ1) is 9.74. The number of rotatable bonds is 3. The molecular formula is C16H21BrN2O. The van der Waals surface area contributed by atoms with Crippen molar-refractivity contribution in [1.82, 2.24) is 10.2 Å². The van der Waals surface area contributed by atoms with E-state index in [4.69, 9.17) is 0 Å². The first-order valence-corrected chi connectivity index (χ1v) is 8.29. The van der Waals surface area contributed by atoms with Crippen molar-refractivity contribution in [3.05, 3.63) is 34.3 Å². The summed E-state index contributed by atoms with van der Waals surface area (Å²) >= 11 is 3.47. The van der Waals surface area contributed by atoms with Crippen LogP contribution in [0.15, 0.2) is 28.7 Å². The molecule has 4 heteroatoms. The highest BCUT2D eigenvalue weighted by molar-refractivity contribution is 9.10. The number of halogens is 1. The van der Waals surface area contributed by atoms with Crippen LogP contribution in [0.25, 0.3) is 0 Å². The van der Waals surface area contributed by atoms with Gasteiger partial charge in [-0.3, -0.25) is 4.79 Å². The fourth-order valence-corrected chi connectivity index (χ4v) is 3.59. The summed E-state index contributed by atoms with van der Waals surface area (Å²) in [7, 11) is 0. The molecule has 2 unspecified atom stereocenters. The molecule has 1 N–H and O–H groups in total. The number of nitrogens with zero attached hydrogens (tertiary/aromatic N) is 1. The fraction of sp³-hybridized carbons (Fsp3) is 0.562. The van der Waals surface area contributed by atoms with Crippen LogP contribution < -0.4 is 5.32 Å². The summed E-state index contributed by atoms with van der Waals surface area (Å²) in [5, 5.41) is 3.29. The van der Waals surface area contributed by atoms with Crippen LogP contribution in [0, 0.1) is 5.92 Å². The third-order valence-corrected chi connectivity index (χ3v) is 4.98. The lowest BCUT2D eigenvalue weighted by atomic mass is 10.0. The molecule has 20 heavy (non-hydrogen) atoms. The van der Waals surface area contributed by atoms with Gasteiger partial charge in [-0.2, -0.15) is 0 Å². The summed E-state index contributed by atoms with van der Waals surface area (Å²) in [6.45, 7) is 2.79. The summed E-state index contributed by atoms with van der Waals surface area (Å²) in [5.74, 6) is 0.579. The van der Waals surface area contributed by atoms with Gasteiger partial charge >= 0.3 is 0 Å². The van der Waals surface area contributed by atoms with E-state index in [1.807, 2.05) is 0 Å². The number of nitrogens with one attached hydrogen (secondary N) is 1. The van der Waals surface area contributed by atoms with E-state index in [1.165, 1.54) is 5.56 Å². The minimum atomic E-state index is 0.209. The van der Waals surface area contributed by atoms with Crippen molar-refractivity contribution in [2.75, 3.05) is 19.6 Å². The zero-order chi connectivity index (χ0) is 13.9. The van der Waals surface area contributed by atoms with Gasteiger partial charge in [-0.25, -0.2) is 0 Å². The van der Waals surface area contributed by atoms with Gasteiger partial charge in [-0.05, 0) is 49.9 Å². The first kappa shape index (κ1) is 14.1. The van der Waals surface area contributed by atoms with Gasteiger partial charge in [0.1, 0.15) is 0 Å². The maximum atomic E-state index is 12.6. The molecule has 2 fully saturated rings. The summed E-state index contributed by atoms with van der Waals surface area (Å²) in [5.41, 5.74) is 1.32. The van der Waals surface area contributed by atoms with E-state index in [0.29, 0.717) is 11.9 Å². The lowest BCUT2D eigenvalue weighted by Crippen LogP contribution is -2.41. The minimum Gasteiger partial charge on any atom is -0.339 e. The zero-order valence-corrected chi connectivity index (χ0v) is 13.2. The largest absolute Gasteiger partial charge is 0.339 e. The Bertz CT molecular complexity index is 468. The molecule has 108 valence electrons. The Labute approximate surface area is 128 Å². The topological polar surface area (TPSA) is 32.3 Å². The molecule has 0 spiro atoms. The third-order valence-electron chi connectivity index (χ3n) is 4.45. The fourth-order valence-electron chi connectivity index (χ4n) is 3.33. The van der Waals surface area contributed by atoms with Crippen LogP contribution in [0.5, 0.6) is 0 Å². The average molecular weight is 337 g/mol. The highest BCUT2D eigenvalue weighted by Gasteiger charge is 2.34. The predicted molar refractivity (Wildman–Crippen MR) is 83.6 cm³/mol. The second-order valence-electron chi connectivity index (χ2n) is 5.85. The molecule has 0 aliphatic carbocycles. The number of carbonyl (C=O) groups excluding carboxylic acids is 1. The molecule has 2 aliphatic rings. The lowest BCUT2D eigenvalue weighted by Gasteiger charge is -2.27. The standard InChI is InChI=1S/C16H21BrN2O/c17-14-5-3-12(4-6-14)10-15-2-1-9-19(15)16(20)13-7-8-18-11-13/h3-6,13,15,18H,1-2,7-11H2. The molecule has 3 rings (SSSR count). The molecule has 1 aromatic carbocycles. The van der Waals surface area contributed by atoms with Gasteiger partial charge in [-0.1, -0.05) is 28.1 Å². The summed E-state index contributed by atoms with van der Waals surface area (Å²) in [6, 6.07) is 8.86. The summed E-state index contributed by atoms with van der Waals surface area (Å²) in [4.78, 5) is 14.7. The van der Waals surface area contributed by atoms with Crippen LogP contribution in [-0.2, 0) is 11.2 Å². The Morgan fingerprint density at radius 1 is 1.30 bits per heavy atom. The van der Waals surface area contributed by atoms with Crippen LogP contribution >= 0.6 is 15.9 Å². The zero-order valence-electron chi connectivity index (χ0n) is 11.6. The Morgan fingerprint density at radius 2 is 2.10 bits per heavy atom. The van der Waals surface area contributed by atoms with E-state index >= 15 is 0 Å².